The van der Waals surface area contributed by atoms with E-state index in [1.54, 1.807) is 18.2 Å². The van der Waals surface area contributed by atoms with Gasteiger partial charge >= 0.3 is 0 Å². The van der Waals surface area contributed by atoms with Crippen molar-refractivity contribution in [1.82, 2.24) is 0 Å². The number of hydrogen-bond acceptors (Lipinski definition) is 7. The van der Waals surface area contributed by atoms with Gasteiger partial charge in [-0.2, -0.15) is 0 Å². The van der Waals surface area contributed by atoms with Crippen molar-refractivity contribution in [3.05, 3.63) is 64.2 Å². The molecular formula is C27H26BNO7. The number of carbonyl (C=O) groups is 3. The smallest absolute Gasteiger partial charge is 0.225 e. The number of hydrogen-bond donors (Lipinski definition) is 5. The summed E-state index contributed by atoms with van der Waals surface area (Å²) in [4.78, 5) is 37.7. The predicted octanol–water partition coefficient (Wildman–Crippen LogP) is 0.945. The molecule has 2 radical (unpaired) electrons. The van der Waals surface area contributed by atoms with E-state index in [1.165, 1.54) is 6.07 Å². The Labute approximate surface area is 209 Å². The van der Waals surface area contributed by atoms with Crippen LogP contribution in [0.25, 0.3) is 17.9 Å². The van der Waals surface area contributed by atoms with Gasteiger partial charge < -0.3 is 26.2 Å². The van der Waals surface area contributed by atoms with E-state index in [1.807, 2.05) is 24.3 Å². The first kappa shape index (κ1) is 25.4. The van der Waals surface area contributed by atoms with E-state index in [0.717, 1.165) is 5.56 Å². The van der Waals surface area contributed by atoms with Crippen LogP contribution in [-0.2, 0) is 20.8 Å². The second-order valence-electron chi connectivity index (χ2n) is 9.30. The molecule has 2 aromatic rings. The van der Waals surface area contributed by atoms with Crippen molar-refractivity contribution >= 4 is 48.7 Å². The van der Waals surface area contributed by atoms with Crippen LogP contribution in [0, 0.1) is 11.8 Å². The van der Waals surface area contributed by atoms with E-state index >= 15 is 0 Å². The van der Waals surface area contributed by atoms with Gasteiger partial charge in [0.05, 0.1) is 12.0 Å². The summed E-state index contributed by atoms with van der Waals surface area (Å²) in [6.45, 7) is -0.394. The third-order valence-corrected chi connectivity index (χ3v) is 7.06. The molecule has 1 amide bonds. The van der Waals surface area contributed by atoms with Crippen LogP contribution in [0.1, 0.15) is 41.5 Å². The molecule has 3 atom stereocenters. The largest absolute Gasteiger partial charge is 0.507 e. The fourth-order valence-corrected chi connectivity index (χ4v) is 5.29. The molecule has 0 heterocycles. The van der Waals surface area contributed by atoms with Crippen LogP contribution >= 0.6 is 0 Å². The van der Waals surface area contributed by atoms with Crippen LogP contribution in [-0.4, -0.2) is 58.0 Å². The van der Waals surface area contributed by atoms with Gasteiger partial charge in [-0.25, -0.2) is 0 Å². The molecule has 0 saturated heterocycles. The summed E-state index contributed by atoms with van der Waals surface area (Å²) < 4.78 is 0. The minimum Gasteiger partial charge on any atom is -0.507 e. The first-order valence-electron chi connectivity index (χ1n) is 11.6. The molecule has 1 fully saturated rings. The van der Waals surface area contributed by atoms with Crippen LogP contribution in [0.5, 0.6) is 5.75 Å². The van der Waals surface area contributed by atoms with Crippen molar-refractivity contribution < 1.29 is 34.8 Å². The number of phenols is 1. The SMILES string of the molecule is [B]c1ccc(/C=C/c2ccc(O)c3c2C[C@H]2C[C@@H](CCO)[C@@](O)(C(=O)CC(N)=O)C(=O)C2=C3O)cc1. The third kappa shape index (κ3) is 4.36. The standard InChI is InChI=1S/C27H26BNO7/c28-18-6-2-14(3-7-18)1-4-15-5-8-20(31)24-19(15)12-16-11-17(9-10-30)27(36,21(32)13-22(29)33)26(35)23(16)25(24)34/h1-8,16-17,30-31,34,36H,9-13H2,(H2,29,33)/b4-1+/t16-,17-,27-/m1/s1. The van der Waals surface area contributed by atoms with Gasteiger partial charge in [-0.3, -0.25) is 14.4 Å². The maximum atomic E-state index is 13.5. The molecule has 0 spiro atoms. The highest BCUT2D eigenvalue weighted by Gasteiger charge is 2.57. The first-order valence-corrected chi connectivity index (χ1v) is 11.6. The van der Waals surface area contributed by atoms with Gasteiger partial charge in [0.2, 0.25) is 11.7 Å². The molecule has 184 valence electrons. The summed E-state index contributed by atoms with van der Waals surface area (Å²) in [5.74, 6) is -5.44. The van der Waals surface area contributed by atoms with Crippen LogP contribution in [0.15, 0.2) is 42.0 Å². The Balaban J connectivity index is 1.80. The molecule has 0 aliphatic heterocycles. The zero-order valence-corrected chi connectivity index (χ0v) is 19.5. The Hall–Kier alpha value is -3.69. The van der Waals surface area contributed by atoms with Crippen molar-refractivity contribution in [2.45, 2.75) is 31.3 Å². The minimum absolute atomic E-state index is 0.0550. The number of amides is 1. The first-order chi connectivity index (χ1) is 17.1. The van der Waals surface area contributed by atoms with Crippen molar-refractivity contribution in [2.24, 2.45) is 17.6 Å². The fourth-order valence-electron chi connectivity index (χ4n) is 5.29. The van der Waals surface area contributed by atoms with Crippen molar-refractivity contribution in [2.75, 3.05) is 6.61 Å². The summed E-state index contributed by atoms with van der Waals surface area (Å²) in [5.41, 5.74) is 5.22. The summed E-state index contributed by atoms with van der Waals surface area (Å²) in [5, 5.41) is 42.5. The highest BCUT2D eigenvalue weighted by atomic mass is 16.3. The fraction of sp³-hybridized carbons (Fsp3) is 0.296. The average molecular weight is 487 g/mol. The van der Waals surface area contributed by atoms with Gasteiger partial charge in [0, 0.05) is 18.1 Å². The number of benzene rings is 2. The number of aliphatic hydroxyl groups excluding tert-OH is 2. The molecule has 4 rings (SSSR count). The van der Waals surface area contributed by atoms with Crippen molar-refractivity contribution in [3.8, 4) is 5.75 Å². The zero-order chi connectivity index (χ0) is 26.2. The lowest BCUT2D eigenvalue weighted by Gasteiger charge is -2.43. The monoisotopic (exact) mass is 487 g/mol. The molecule has 6 N–H and O–H groups in total. The quantitative estimate of drug-likeness (QED) is 0.221. The molecule has 0 aromatic heterocycles. The topological polar surface area (TPSA) is 158 Å². The maximum Gasteiger partial charge on any atom is 0.225 e. The number of primary amides is 1. The highest BCUT2D eigenvalue weighted by Crippen LogP contribution is 2.49. The summed E-state index contributed by atoms with van der Waals surface area (Å²) in [7, 11) is 5.73. The third-order valence-electron chi connectivity index (χ3n) is 7.06. The van der Waals surface area contributed by atoms with Crippen LogP contribution in [0.3, 0.4) is 0 Å². The Bertz CT molecular complexity index is 1300. The normalized spacial score (nSPS) is 23.4. The van der Waals surface area contributed by atoms with E-state index < -0.39 is 53.7 Å². The number of rotatable bonds is 7. The zero-order valence-electron chi connectivity index (χ0n) is 19.5. The molecule has 1 saturated carbocycles. The van der Waals surface area contributed by atoms with Gasteiger partial charge in [0.1, 0.15) is 19.4 Å². The lowest BCUT2D eigenvalue weighted by Crippen LogP contribution is -2.59. The number of phenolic OH excluding ortho intramolecular Hbond substituents is 1. The second-order valence-corrected chi connectivity index (χ2v) is 9.30. The minimum atomic E-state index is -2.61. The van der Waals surface area contributed by atoms with Crippen molar-refractivity contribution in [3.63, 3.8) is 0 Å². The number of nitrogens with two attached hydrogens (primary N) is 1. The Morgan fingerprint density at radius 2 is 1.81 bits per heavy atom. The van der Waals surface area contributed by atoms with Crippen LogP contribution < -0.4 is 11.2 Å². The lowest BCUT2D eigenvalue weighted by molar-refractivity contribution is -0.159. The molecule has 2 aromatic carbocycles. The Kier molecular flexibility index (Phi) is 6.89. The molecular weight excluding hydrogens is 461 g/mol. The number of Topliss-reactive ketones (excluding diaryl/α,β-unsaturated/α-hetero) is 2. The molecule has 2 aliphatic carbocycles. The average Bonchev–Trinajstić information content (AvgIpc) is 2.82. The second kappa shape index (κ2) is 9.75. The van der Waals surface area contributed by atoms with Gasteiger partial charge in [-0.05, 0) is 47.9 Å². The van der Waals surface area contributed by atoms with Crippen LogP contribution in [0.4, 0.5) is 0 Å². The van der Waals surface area contributed by atoms with E-state index in [9.17, 15) is 34.8 Å². The summed E-state index contributed by atoms with van der Waals surface area (Å²) in [6, 6.07) is 10.3. The molecule has 36 heavy (non-hydrogen) atoms. The van der Waals surface area contributed by atoms with E-state index in [4.69, 9.17) is 13.6 Å². The molecule has 8 nitrogen and oxygen atoms in total. The van der Waals surface area contributed by atoms with Gasteiger partial charge in [0.15, 0.2) is 11.4 Å². The number of fused-ring (bicyclic) bond motifs is 2. The Morgan fingerprint density at radius 1 is 1.11 bits per heavy atom. The van der Waals surface area contributed by atoms with E-state index in [2.05, 4.69) is 0 Å². The lowest BCUT2D eigenvalue weighted by atomic mass is 9.61. The maximum absolute atomic E-state index is 13.5. The van der Waals surface area contributed by atoms with Crippen molar-refractivity contribution in [1.29, 1.82) is 0 Å². The van der Waals surface area contributed by atoms with E-state index in [-0.39, 0.29) is 36.1 Å². The molecule has 2 aliphatic rings. The molecule has 0 unspecified atom stereocenters. The number of aromatic hydroxyl groups is 1. The Morgan fingerprint density at radius 3 is 2.44 bits per heavy atom. The number of aliphatic hydroxyl groups is 3. The van der Waals surface area contributed by atoms with Crippen LogP contribution in [0.2, 0.25) is 0 Å². The number of ketones is 2. The van der Waals surface area contributed by atoms with E-state index in [0.29, 0.717) is 16.6 Å². The summed E-state index contributed by atoms with van der Waals surface area (Å²) in [6.07, 6.45) is 3.11. The predicted molar refractivity (Wildman–Crippen MR) is 134 cm³/mol. The number of carbonyl (C=O) groups excluding carboxylic acids is 3. The van der Waals surface area contributed by atoms with Gasteiger partial charge in [0.25, 0.3) is 0 Å². The molecule has 0 bridgehead atoms. The molecule has 9 heteroatoms. The van der Waals surface area contributed by atoms with Gasteiger partial charge in [-0.1, -0.05) is 47.9 Å². The van der Waals surface area contributed by atoms with Gasteiger partial charge in [-0.15, -0.1) is 0 Å². The highest BCUT2D eigenvalue weighted by molar-refractivity contribution is 6.32. The summed E-state index contributed by atoms with van der Waals surface area (Å²) >= 11 is 0.